The second-order valence-electron chi connectivity index (χ2n) is 5.28. The van der Waals surface area contributed by atoms with E-state index in [1.807, 2.05) is 31.2 Å². The molecule has 0 amide bonds. The van der Waals surface area contributed by atoms with Gasteiger partial charge in [0.25, 0.3) is 10.0 Å². The highest BCUT2D eigenvalue weighted by molar-refractivity contribution is 7.90. The first-order valence-corrected chi connectivity index (χ1v) is 8.59. The van der Waals surface area contributed by atoms with Crippen molar-refractivity contribution in [3.63, 3.8) is 0 Å². The zero-order valence-electron chi connectivity index (χ0n) is 12.9. The van der Waals surface area contributed by atoms with Gasteiger partial charge in [0.15, 0.2) is 0 Å². The average molecular weight is 327 g/mol. The van der Waals surface area contributed by atoms with E-state index in [4.69, 9.17) is 4.74 Å². The monoisotopic (exact) mass is 327 g/mol. The van der Waals surface area contributed by atoms with Crippen LogP contribution in [0.4, 0.5) is 0 Å². The quantitative estimate of drug-likeness (QED) is 0.734. The van der Waals surface area contributed by atoms with E-state index in [-0.39, 0.29) is 4.90 Å². The van der Waals surface area contributed by atoms with Crippen molar-refractivity contribution in [2.75, 3.05) is 7.11 Å². The summed E-state index contributed by atoms with van der Waals surface area (Å²) < 4.78 is 31.6. The number of hydrogen-bond donors (Lipinski definition) is 0. The lowest BCUT2D eigenvalue weighted by atomic mass is 10.1. The molecule has 1 heterocycles. The van der Waals surface area contributed by atoms with Crippen LogP contribution in [0.2, 0.25) is 0 Å². The third-order valence-corrected chi connectivity index (χ3v) is 5.34. The lowest BCUT2D eigenvalue weighted by Crippen LogP contribution is -2.10. The van der Waals surface area contributed by atoms with Crippen molar-refractivity contribution in [1.29, 1.82) is 0 Å². The van der Waals surface area contributed by atoms with Crippen LogP contribution in [0.1, 0.15) is 5.56 Å². The fraction of sp³-hybridized carbons (Fsp3) is 0.111. The Morgan fingerprint density at radius 3 is 2.13 bits per heavy atom. The van der Waals surface area contributed by atoms with E-state index in [9.17, 15) is 8.42 Å². The summed E-state index contributed by atoms with van der Waals surface area (Å²) in [4.78, 5) is 0.278. The van der Waals surface area contributed by atoms with Crippen LogP contribution in [0.5, 0.6) is 5.75 Å². The third kappa shape index (κ3) is 3.00. The first-order valence-electron chi connectivity index (χ1n) is 7.15. The number of rotatable bonds is 4. The Morgan fingerprint density at radius 1 is 0.870 bits per heavy atom. The fourth-order valence-electron chi connectivity index (χ4n) is 2.31. The number of methoxy groups -OCH3 is 1. The van der Waals surface area contributed by atoms with Gasteiger partial charge in [0.05, 0.1) is 12.0 Å². The average Bonchev–Trinajstić information content (AvgIpc) is 3.06. The predicted octanol–water partition coefficient (Wildman–Crippen LogP) is 3.71. The lowest BCUT2D eigenvalue weighted by Gasteiger charge is -2.06. The Morgan fingerprint density at radius 2 is 1.52 bits per heavy atom. The van der Waals surface area contributed by atoms with Crippen LogP contribution in [0, 0.1) is 6.92 Å². The molecule has 3 aromatic rings. The molecule has 0 spiro atoms. The van der Waals surface area contributed by atoms with Gasteiger partial charge in [0.1, 0.15) is 5.75 Å². The van der Waals surface area contributed by atoms with E-state index in [1.165, 1.54) is 3.97 Å². The molecule has 23 heavy (non-hydrogen) atoms. The minimum atomic E-state index is -3.56. The molecule has 0 saturated heterocycles. The summed E-state index contributed by atoms with van der Waals surface area (Å²) >= 11 is 0. The Balaban J connectivity index is 1.95. The summed E-state index contributed by atoms with van der Waals surface area (Å²) in [5, 5.41) is 0. The fourth-order valence-corrected chi connectivity index (χ4v) is 3.51. The Bertz CT molecular complexity index is 908. The molecular weight excluding hydrogens is 310 g/mol. The van der Waals surface area contributed by atoms with E-state index in [0.29, 0.717) is 0 Å². The molecule has 0 unspecified atom stereocenters. The van der Waals surface area contributed by atoms with E-state index >= 15 is 0 Å². The number of benzene rings is 2. The largest absolute Gasteiger partial charge is 0.497 e. The highest BCUT2D eigenvalue weighted by Gasteiger charge is 2.16. The summed E-state index contributed by atoms with van der Waals surface area (Å²) in [6.45, 7) is 1.92. The molecule has 4 nitrogen and oxygen atoms in total. The molecule has 2 aromatic carbocycles. The number of aromatic nitrogens is 1. The maximum atomic E-state index is 12.6. The lowest BCUT2D eigenvalue weighted by molar-refractivity contribution is 0.415. The maximum Gasteiger partial charge on any atom is 0.267 e. The molecule has 0 radical (unpaired) electrons. The molecule has 0 saturated carbocycles. The number of ether oxygens (including phenoxy) is 1. The highest BCUT2D eigenvalue weighted by Crippen LogP contribution is 2.24. The molecule has 1 aromatic heterocycles. The van der Waals surface area contributed by atoms with Crippen molar-refractivity contribution in [1.82, 2.24) is 3.97 Å². The molecule has 0 aliphatic carbocycles. The standard InChI is InChI=1S/C18H17NO3S/c1-14-3-9-18(10-4-14)23(20,21)19-12-11-16(13-19)15-5-7-17(22-2)8-6-15/h3-13H,1-2H3. The van der Waals surface area contributed by atoms with Crippen LogP contribution in [-0.4, -0.2) is 19.5 Å². The molecule has 0 atom stereocenters. The van der Waals surface area contributed by atoms with Gasteiger partial charge in [-0.3, -0.25) is 0 Å². The van der Waals surface area contributed by atoms with Crippen LogP contribution in [-0.2, 0) is 10.0 Å². The Kier molecular flexibility index (Phi) is 3.96. The predicted molar refractivity (Wildman–Crippen MR) is 90.2 cm³/mol. The van der Waals surface area contributed by atoms with Crippen LogP contribution >= 0.6 is 0 Å². The van der Waals surface area contributed by atoms with Crippen LogP contribution in [0.25, 0.3) is 11.1 Å². The SMILES string of the molecule is COc1ccc(-c2ccn(S(=O)(=O)c3ccc(C)cc3)c2)cc1. The van der Waals surface area contributed by atoms with Crippen molar-refractivity contribution < 1.29 is 13.2 Å². The topological polar surface area (TPSA) is 48.3 Å². The van der Waals surface area contributed by atoms with Crippen molar-refractivity contribution >= 4 is 10.0 Å². The normalized spacial score (nSPS) is 11.4. The first kappa shape index (κ1) is 15.4. The number of hydrogen-bond acceptors (Lipinski definition) is 3. The number of aryl methyl sites for hydroxylation is 1. The van der Waals surface area contributed by atoms with Gasteiger partial charge in [-0.25, -0.2) is 12.4 Å². The van der Waals surface area contributed by atoms with Crippen molar-refractivity contribution in [2.45, 2.75) is 11.8 Å². The molecular formula is C18H17NO3S. The van der Waals surface area contributed by atoms with Gasteiger partial charge in [-0.05, 0) is 42.8 Å². The van der Waals surface area contributed by atoms with Crippen molar-refractivity contribution in [3.8, 4) is 16.9 Å². The van der Waals surface area contributed by atoms with Crippen molar-refractivity contribution in [2.24, 2.45) is 0 Å². The van der Waals surface area contributed by atoms with Gasteiger partial charge in [0, 0.05) is 18.0 Å². The zero-order chi connectivity index (χ0) is 16.4. The first-order chi connectivity index (χ1) is 11.0. The molecule has 0 aliphatic heterocycles. The summed E-state index contributed by atoms with van der Waals surface area (Å²) in [6.07, 6.45) is 3.19. The summed E-state index contributed by atoms with van der Waals surface area (Å²) in [5.74, 6) is 0.764. The van der Waals surface area contributed by atoms with Gasteiger partial charge in [-0.2, -0.15) is 0 Å². The minimum absolute atomic E-state index is 0.278. The molecule has 3 rings (SSSR count). The van der Waals surface area contributed by atoms with Crippen LogP contribution < -0.4 is 4.74 Å². The maximum absolute atomic E-state index is 12.6. The van der Waals surface area contributed by atoms with Gasteiger partial charge in [0.2, 0.25) is 0 Å². The second kappa shape index (κ2) is 5.93. The van der Waals surface area contributed by atoms with E-state index in [0.717, 1.165) is 22.4 Å². The summed E-state index contributed by atoms with van der Waals surface area (Å²) in [7, 11) is -1.95. The molecule has 118 valence electrons. The van der Waals surface area contributed by atoms with Gasteiger partial charge in [-0.1, -0.05) is 29.8 Å². The van der Waals surface area contributed by atoms with E-state index in [1.54, 1.807) is 49.8 Å². The summed E-state index contributed by atoms with van der Waals surface area (Å²) in [5.41, 5.74) is 2.79. The van der Waals surface area contributed by atoms with E-state index < -0.39 is 10.0 Å². The second-order valence-corrected chi connectivity index (χ2v) is 7.12. The van der Waals surface area contributed by atoms with Crippen LogP contribution in [0.3, 0.4) is 0 Å². The molecule has 0 aliphatic rings. The third-order valence-electron chi connectivity index (χ3n) is 3.69. The Hall–Kier alpha value is -2.53. The minimum Gasteiger partial charge on any atom is -0.497 e. The molecule has 0 fully saturated rings. The van der Waals surface area contributed by atoms with Gasteiger partial charge < -0.3 is 4.74 Å². The number of nitrogens with zero attached hydrogens (tertiary/aromatic N) is 1. The smallest absolute Gasteiger partial charge is 0.267 e. The zero-order valence-corrected chi connectivity index (χ0v) is 13.7. The molecule has 0 bridgehead atoms. The van der Waals surface area contributed by atoms with Crippen LogP contribution in [0.15, 0.2) is 71.9 Å². The summed E-state index contributed by atoms with van der Waals surface area (Å²) in [6, 6.07) is 16.1. The molecule has 0 N–H and O–H groups in total. The highest BCUT2D eigenvalue weighted by atomic mass is 32.2. The van der Waals surface area contributed by atoms with E-state index in [2.05, 4.69) is 0 Å². The molecule has 5 heteroatoms. The van der Waals surface area contributed by atoms with Gasteiger partial charge in [-0.15, -0.1) is 0 Å². The Labute approximate surface area is 136 Å². The van der Waals surface area contributed by atoms with Crippen molar-refractivity contribution in [3.05, 3.63) is 72.6 Å². The van der Waals surface area contributed by atoms with Gasteiger partial charge >= 0.3 is 0 Å².